The molecule has 0 aliphatic carbocycles. The summed E-state index contributed by atoms with van der Waals surface area (Å²) in [4.78, 5) is 20.9. The van der Waals surface area contributed by atoms with Crippen molar-refractivity contribution in [3.8, 4) is 22.8 Å². The summed E-state index contributed by atoms with van der Waals surface area (Å²) >= 11 is 0. The molecule has 5 aromatic rings. The van der Waals surface area contributed by atoms with Crippen molar-refractivity contribution in [3.05, 3.63) is 96.8 Å². The summed E-state index contributed by atoms with van der Waals surface area (Å²) in [6.45, 7) is 0.859. The van der Waals surface area contributed by atoms with Crippen LogP contribution in [-0.4, -0.2) is 32.2 Å². The minimum absolute atomic E-state index is 0.0453. The second kappa shape index (κ2) is 10.0. The van der Waals surface area contributed by atoms with E-state index in [2.05, 4.69) is 15.3 Å². The van der Waals surface area contributed by atoms with Crippen LogP contribution >= 0.6 is 0 Å². The van der Waals surface area contributed by atoms with Gasteiger partial charge in [-0.15, -0.1) is 0 Å². The van der Waals surface area contributed by atoms with E-state index in [1.807, 2.05) is 84.9 Å². The Balaban J connectivity index is 1.33. The highest BCUT2D eigenvalue weighted by Gasteiger charge is 2.17. The molecule has 0 unspecified atom stereocenters. The topological polar surface area (TPSA) is 108 Å². The molecule has 5 rings (SSSR count). The van der Waals surface area contributed by atoms with Gasteiger partial charge in [-0.1, -0.05) is 48.5 Å². The van der Waals surface area contributed by atoms with Gasteiger partial charge in [-0.25, -0.2) is 14.6 Å². The minimum atomic E-state index is -0.0453. The third kappa shape index (κ3) is 5.11. The van der Waals surface area contributed by atoms with Crippen molar-refractivity contribution in [2.45, 2.75) is 13.0 Å². The maximum absolute atomic E-state index is 12.3. The van der Waals surface area contributed by atoms with Gasteiger partial charge < -0.3 is 15.8 Å². The number of nitrogens with zero attached hydrogens (tertiary/aromatic N) is 4. The van der Waals surface area contributed by atoms with E-state index in [0.29, 0.717) is 47.8 Å². The Morgan fingerprint density at radius 2 is 1.57 bits per heavy atom. The van der Waals surface area contributed by atoms with E-state index in [1.165, 1.54) is 6.33 Å². The smallest absolute Gasteiger partial charge is 0.224 e. The first kappa shape index (κ1) is 22.1. The maximum Gasteiger partial charge on any atom is 0.224 e. The molecule has 0 saturated heterocycles. The SMILES string of the molecule is Nc1ncnc2c1c(-c1ccc(Oc3ccccc3)cc1)nn2CCNC(=O)Cc1ccccc1. The fourth-order valence-electron chi connectivity index (χ4n) is 3.84. The van der Waals surface area contributed by atoms with Gasteiger partial charge in [-0.2, -0.15) is 5.10 Å². The number of amides is 1. The standard InChI is InChI=1S/C27H24N6O2/c28-26-24-25(20-11-13-22(14-12-20)35-21-9-5-2-6-10-21)32-33(27(24)31-18-30-26)16-15-29-23(34)17-19-7-3-1-4-8-19/h1-14,18H,15-17H2,(H,29,34)(H2,28,30,31). The minimum Gasteiger partial charge on any atom is -0.457 e. The number of nitrogens with one attached hydrogen (secondary N) is 1. The normalized spacial score (nSPS) is 10.9. The number of rotatable bonds is 8. The first-order valence-electron chi connectivity index (χ1n) is 11.3. The Bertz CT molecular complexity index is 1430. The quantitative estimate of drug-likeness (QED) is 0.356. The molecule has 0 atom stereocenters. The number of nitrogen functional groups attached to an aromatic ring is 1. The summed E-state index contributed by atoms with van der Waals surface area (Å²) in [6.07, 6.45) is 1.75. The predicted octanol–water partition coefficient (Wildman–Crippen LogP) is 4.23. The van der Waals surface area contributed by atoms with Crippen LogP contribution in [0.4, 0.5) is 5.82 Å². The lowest BCUT2D eigenvalue weighted by molar-refractivity contribution is -0.120. The van der Waals surface area contributed by atoms with Crippen molar-refractivity contribution in [3.63, 3.8) is 0 Å². The highest BCUT2D eigenvalue weighted by atomic mass is 16.5. The number of nitrogens with two attached hydrogens (primary N) is 1. The highest BCUT2D eigenvalue weighted by Crippen LogP contribution is 2.31. The molecule has 0 aliphatic heterocycles. The molecule has 35 heavy (non-hydrogen) atoms. The summed E-state index contributed by atoms with van der Waals surface area (Å²) in [7, 11) is 0. The predicted molar refractivity (Wildman–Crippen MR) is 135 cm³/mol. The zero-order valence-electron chi connectivity index (χ0n) is 19.0. The Morgan fingerprint density at radius 3 is 2.31 bits per heavy atom. The van der Waals surface area contributed by atoms with E-state index in [0.717, 1.165) is 16.9 Å². The van der Waals surface area contributed by atoms with Crippen LogP contribution in [0.3, 0.4) is 0 Å². The molecule has 174 valence electrons. The Kier molecular flexibility index (Phi) is 6.34. The van der Waals surface area contributed by atoms with Gasteiger partial charge in [0.1, 0.15) is 29.3 Å². The molecular weight excluding hydrogens is 440 g/mol. The third-order valence-corrected chi connectivity index (χ3v) is 5.52. The first-order valence-corrected chi connectivity index (χ1v) is 11.3. The van der Waals surface area contributed by atoms with Crippen molar-refractivity contribution in [1.29, 1.82) is 0 Å². The van der Waals surface area contributed by atoms with Crippen molar-refractivity contribution in [1.82, 2.24) is 25.1 Å². The third-order valence-electron chi connectivity index (χ3n) is 5.52. The van der Waals surface area contributed by atoms with Crippen LogP contribution in [0, 0.1) is 0 Å². The largest absolute Gasteiger partial charge is 0.457 e. The Labute approximate surface area is 202 Å². The van der Waals surface area contributed by atoms with Crippen molar-refractivity contribution >= 4 is 22.8 Å². The van der Waals surface area contributed by atoms with E-state index in [4.69, 9.17) is 15.6 Å². The number of carbonyl (C=O) groups is 1. The maximum atomic E-state index is 12.3. The number of aromatic nitrogens is 4. The molecule has 3 aromatic carbocycles. The van der Waals surface area contributed by atoms with Gasteiger partial charge >= 0.3 is 0 Å². The lowest BCUT2D eigenvalue weighted by Crippen LogP contribution is -2.28. The van der Waals surface area contributed by atoms with Gasteiger partial charge in [-0.05, 0) is 42.0 Å². The van der Waals surface area contributed by atoms with Crippen molar-refractivity contribution in [2.24, 2.45) is 0 Å². The van der Waals surface area contributed by atoms with E-state index in [-0.39, 0.29) is 5.91 Å². The summed E-state index contributed by atoms with van der Waals surface area (Å²) in [6, 6.07) is 26.9. The molecular formula is C27H24N6O2. The number of carbonyl (C=O) groups excluding carboxylic acids is 1. The number of anilines is 1. The van der Waals surface area contributed by atoms with Crippen LogP contribution < -0.4 is 15.8 Å². The van der Waals surface area contributed by atoms with Crippen LogP contribution in [0.1, 0.15) is 5.56 Å². The molecule has 0 radical (unpaired) electrons. The highest BCUT2D eigenvalue weighted by molar-refractivity contribution is 5.98. The van der Waals surface area contributed by atoms with Gasteiger partial charge in [-0.3, -0.25) is 4.79 Å². The molecule has 0 fully saturated rings. The molecule has 2 aromatic heterocycles. The van der Waals surface area contributed by atoms with Crippen molar-refractivity contribution < 1.29 is 9.53 Å². The van der Waals surface area contributed by atoms with Crippen LogP contribution in [0.5, 0.6) is 11.5 Å². The van der Waals surface area contributed by atoms with Crippen molar-refractivity contribution in [2.75, 3.05) is 12.3 Å². The molecule has 0 aliphatic rings. The fraction of sp³-hybridized carbons (Fsp3) is 0.111. The lowest BCUT2D eigenvalue weighted by Gasteiger charge is -2.06. The molecule has 1 amide bonds. The van der Waals surface area contributed by atoms with Gasteiger partial charge in [0.25, 0.3) is 0 Å². The molecule has 0 spiro atoms. The number of fused-ring (bicyclic) bond motifs is 1. The summed E-state index contributed by atoms with van der Waals surface area (Å²) in [5, 5.41) is 8.39. The number of hydrogen-bond acceptors (Lipinski definition) is 6. The van der Waals surface area contributed by atoms with Crippen LogP contribution in [0.15, 0.2) is 91.3 Å². The van der Waals surface area contributed by atoms with Gasteiger partial charge in [0, 0.05) is 12.1 Å². The zero-order valence-corrected chi connectivity index (χ0v) is 19.0. The first-order chi connectivity index (χ1) is 17.2. The molecule has 8 heteroatoms. The second-order valence-electron chi connectivity index (χ2n) is 7.98. The molecule has 3 N–H and O–H groups in total. The van der Waals surface area contributed by atoms with Gasteiger partial charge in [0.05, 0.1) is 18.4 Å². The summed E-state index contributed by atoms with van der Waals surface area (Å²) < 4.78 is 7.64. The Hall–Kier alpha value is -4.72. The number of ether oxygens (including phenoxy) is 1. The zero-order chi connectivity index (χ0) is 24.0. The van der Waals surface area contributed by atoms with E-state index < -0.39 is 0 Å². The molecule has 0 saturated carbocycles. The monoisotopic (exact) mass is 464 g/mol. The molecule has 0 bridgehead atoms. The average molecular weight is 465 g/mol. The number of benzene rings is 3. The number of para-hydroxylation sites is 1. The van der Waals surface area contributed by atoms with E-state index in [9.17, 15) is 4.79 Å². The van der Waals surface area contributed by atoms with Crippen LogP contribution in [-0.2, 0) is 17.8 Å². The molecule has 8 nitrogen and oxygen atoms in total. The average Bonchev–Trinajstić information content (AvgIpc) is 3.26. The summed E-state index contributed by atoms with van der Waals surface area (Å²) in [5.74, 6) is 1.79. The summed E-state index contributed by atoms with van der Waals surface area (Å²) in [5.41, 5.74) is 9.34. The molecule has 2 heterocycles. The second-order valence-corrected chi connectivity index (χ2v) is 7.98. The van der Waals surface area contributed by atoms with Crippen LogP contribution in [0.2, 0.25) is 0 Å². The van der Waals surface area contributed by atoms with Gasteiger partial charge in [0.2, 0.25) is 5.91 Å². The Morgan fingerprint density at radius 1 is 0.886 bits per heavy atom. The van der Waals surface area contributed by atoms with E-state index >= 15 is 0 Å². The van der Waals surface area contributed by atoms with Crippen LogP contribution in [0.25, 0.3) is 22.3 Å². The number of hydrogen-bond donors (Lipinski definition) is 2. The lowest BCUT2D eigenvalue weighted by atomic mass is 10.1. The fourth-order valence-corrected chi connectivity index (χ4v) is 3.84. The van der Waals surface area contributed by atoms with E-state index in [1.54, 1.807) is 4.68 Å². The van der Waals surface area contributed by atoms with Gasteiger partial charge in [0.15, 0.2) is 5.65 Å².